The fourth-order valence-corrected chi connectivity index (χ4v) is 2.44. The van der Waals surface area contributed by atoms with Crippen molar-refractivity contribution in [3.8, 4) is 0 Å². The van der Waals surface area contributed by atoms with Gasteiger partial charge in [-0.25, -0.2) is 9.97 Å². The molecule has 1 atom stereocenters. The van der Waals surface area contributed by atoms with E-state index in [0.717, 1.165) is 25.3 Å². The molecule has 0 aliphatic heterocycles. The maximum absolute atomic E-state index is 5.99. The van der Waals surface area contributed by atoms with Gasteiger partial charge in [0.25, 0.3) is 0 Å². The molecule has 6 nitrogen and oxygen atoms in total. The van der Waals surface area contributed by atoms with Crippen LogP contribution < -0.4 is 5.73 Å². The zero-order chi connectivity index (χ0) is 14.5. The van der Waals surface area contributed by atoms with Crippen LogP contribution >= 0.6 is 0 Å². The Kier molecular flexibility index (Phi) is 4.92. The Morgan fingerprint density at radius 3 is 2.85 bits per heavy atom. The Bertz CT molecular complexity index is 529. The Hall–Kier alpha value is -1.66. The minimum atomic E-state index is 0.153. The average molecular weight is 276 g/mol. The Balaban J connectivity index is 2.14. The summed E-state index contributed by atoms with van der Waals surface area (Å²) >= 11 is 0. The van der Waals surface area contributed by atoms with Crippen molar-refractivity contribution in [3.05, 3.63) is 36.4 Å². The molecule has 0 aliphatic carbocycles. The van der Waals surface area contributed by atoms with Crippen molar-refractivity contribution >= 4 is 0 Å². The van der Waals surface area contributed by atoms with Gasteiger partial charge in [-0.15, -0.1) is 0 Å². The van der Waals surface area contributed by atoms with Crippen molar-refractivity contribution in [1.29, 1.82) is 0 Å². The zero-order valence-corrected chi connectivity index (χ0v) is 12.5. The van der Waals surface area contributed by atoms with Gasteiger partial charge in [0.1, 0.15) is 5.82 Å². The third kappa shape index (κ3) is 3.08. The number of likely N-dealkylation sites (N-methyl/N-ethyl adjacent to an activating group) is 1. The van der Waals surface area contributed by atoms with Gasteiger partial charge >= 0.3 is 0 Å². The molecule has 2 aromatic rings. The molecule has 110 valence electrons. The summed E-state index contributed by atoms with van der Waals surface area (Å²) in [6, 6.07) is 0.153. The van der Waals surface area contributed by atoms with Crippen molar-refractivity contribution in [3.63, 3.8) is 0 Å². The molecule has 0 saturated carbocycles. The lowest BCUT2D eigenvalue weighted by molar-refractivity contribution is 0.224. The smallest absolute Gasteiger partial charge is 0.122 e. The maximum atomic E-state index is 5.99. The first-order valence-corrected chi connectivity index (χ1v) is 7.03. The molecule has 2 rings (SSSR count). The van der Waals surface area contributed by atoms with Crippen LogP contribution in [-0.2, 0) is 20.1 Å². The molecule has 0 spiro atoms. The average Bonchev–Trinajstić information content (AvgIpc) is 3.02. The van der Waals surface area contributed by atoms with Crippen molar-refractivity contribution in [2.45, 2.75) is 32.5 Å². The highest BCUT2D eigenvalue weighted by Gasteiger charge is 2.20. The topological polar surface area (TPSA) is 64.9 Å². The van der Waals surface area contributed by atoms with Crippen LogP contribution in [-0.4, -0.2) is 37.6 Å². The summed E-state index contributed by atoms with van der Waals surface area (Å²) < 4.78 is 4.22. The highest BCUT2D eigenvalue weighted by Crippen LogP contribution is 2.20. The lowest BCUT2D eigenvalue weighted by atomic mass is 10.2. The van der Waals surface area contributed by atoms with Crippen molar-refractivity contribution in [1.82, 2.24) is 24.0 Å². The van der Waals surface area contributed by atoms with Gasteiger partial charge in [-0.1, -0.05) is 6.92 Å². The maximum Gasteiger partial charge on any atom is 0.122 e. The Morgan fingerprint density at radius 1 is 1.45 bits per heavy atom. The molecule has 1 unspecified atom stereocenters. The zero-order valence-electron chi connectivity index (χ0n) is 12.5. The van der Waals surface area contributed by atoms with Crippen LogP contribution in [0.25, 0.3) is 0 Å². The van der Waals surface area contributed by atoms with Gasteiger partial charge in [0.15, 0.2) is 0 Å². The molecule has 2 N–H and O–H groups in total. The highest BCUT2D eigenvalue weighted by molar-refractivity contribution is 5.07. The fraction of sp³-hybridized carbons (Fsp3) is 0.571. The first-order chi connectivity index (χ1) is 9.67. The van der Waals surface area contributed by atoms with Crippen molar-refractivity contribution in [2.24, 2.45) is 12.8 Å². The van der Waals surface area contributed by atoms with Crippen LogP contribution in [0, 0.1) is 0 Å². The summed E-state index contributed by atoms with van der Waals surface area (Å²) in [5.74, 6) is 1.03. The molecule has 0 aromatic carbocycles. The number of hydrogen-bond acceptors (Lipinski definition) is 4. The summed E-state index contributed by atoms with van der Waals surface area (Å²) in [7, 11) is 4.09. The third-order valence-electron chi connectivity index (χ3n) is 3.62. The second kappa shape index (κ2) is 6.67. The standard InChI is InChI=1S/C14H24N6/c1-4-6-20-11-16-9-13(20)12(8-15)19(3)10-14-17-5-7-18(14)2/h5,7,9,11-12H,4,6,8,10,15H2,1-3H3. The van der Waals surface area contributed by atoms with Crippen LogP contribution in [0.5, 0.6) is 0 Å². The number of nitrogens with zero attached hydrogens (tertiary/aromatic N) is 5. The van der Waals surface area contributed by atoms with Crippen LogP contribution in [0.1, 0.15) is 30.9 Å². The number of imidazole rings is 2. The van der Waals surface area contributed by atoms with Crippen LogP contribution in [0.15, 0.2) is 24.9 Å². The lowest BCUT2D eigenvalue weighted by Crippen LogP contribution is -2.32. The number of nitrogens with two attached hydrogens (primary N) is 1. The minimum absolute atomic E-state index is 0.153. The second-order valence-electron chi connectivity index (χ2n) is 5.13. The van der Waals surface area contributed by atoms with E-state index < -0.39 is 0 Å². The van der Waals surface area contributed by atoms with Gasteiger partial charge in [-0.3, -0.25) is 4.90 Å². The Labute approximate surface area is 120 Å². The van der Waals surface area contributed by atoms with Crippen molar-refractivity contribution < 1.29 is 0 Å². The molecule has 6 heteroatoms. The molecule has 20 heavy (non-hydrogen) atoms. The first-order valence-electron chi connectivity index (χ1n) is 7.03. The summed E-state index contributed by atoms with van der Waals surface area (Å²) in [4.78, 5) is 10.9. The van der Waals surface area contributed by atoms with Gasteiger partial charge < -0.3 is 14.9 Å². The normalized spacial score (nSPS) is 13.1. The van der Waals surface area contributed by atoms with Crippen LogP contribution in [0.3, 0.4) is 0 Å². The molecule has 2 aromatic heterocycles. The molecule has 0 aliphatic rings. The third-order valence-corrected chi connectivity index (χ3v) is 3.62. The minimum Gasteiger partial charge on any atom is -0.337 e. The van der Waals surface area contributed by atoms with E-state index >= 15 is 0 Å². The molecule has 0 radical (unpaired) electrons. The van der Waals surface area contributed by atoms with E-state index in [9.17, 15) is 0 Å². The lowest BCUT2D eigenvalue weighted by Gasteiger charge is -2.27. The second-order valence-corrected chi connectivity index (χ2v) is 5.13. The summed E-state index contributed by atoms with van der Waals surface area (Å²) in [6.07, 6.45) is 8.67. The largest absolute Gasteiger partial charge is 0.337 e. The van der Waals surface area contributed by atoms with E-state index in [0.29, 0.717) is 6.54 Å². The predicted molar refractivity (Wildman–Crippen MR) is 79.0 cm³/mol. The SMILES string of the molecule is CCCn1cncc1C(CN)N(C)Cc1nccn1C. The van der Waals surface area contributed by atoms with E-state index in [4.69, 9.17) is 5.73 Å². The van der Waals surface area contributed by atoms with Gasteiger partial charge in [0, 0.05) is 38.7 Å². The summed E-state index contributed by atoms with van der Waals surface area (Å²) in [6.45, 7) is 4.47. The molecule has 0 amide bonds. The van der Waals surface area contributed by atoms with E-state index in [1.54, 1.807) is 0 Å². The Morgan fingerprint density at radius 2 is 2.25 bits per heavy atom. The first kappa shape index (κ1) is 14.7. The van der Waals surface area contributed by atoms with Crippen molar-refractivity contribution in [2.75, 3.05) is 13.6 Å². The molecule has 0 saturated heterocycles. The van der Waals surface area contributed by atoms with Crippen LogP contribution in [0.4, 0.5) is 0 Å². The quantitative estimate of drug-likeness (QED) is 0.824. The highest BCUT2D eigenvalue weighted by atomic mass is 15.2. The summed E-state index contributed by atoms with van der Waals surface area (Å²) in [5.41, 5.74) is 7.16. The van der Waals surface area contributed by atoms with E-state index in [1.165, 1.54) is 5.69 Å². The van der Waals surface area contributed by atoms with Gasteiger partial charge in [0.2, 0.25) is 0 Å². The number of hydrogen-bond donors (Lipinski definition) is 1. The van der Waals surface area contributed by atoms with Crippen LogP contribution in [0.2, 0.25) is 0 Å². The molecular weight excluding hydrogens is 252 g/mol. The van der Waals surface area contributed by atoms with Gasteiger partial charge in [-0.2, -0.15) is 0 Å². The van der Waals surface area contributed by atoms with E-state index in [1.807, 2.05) is 36.5 Å². The number of aryl methyl sites for hydroxylation is 2. The van der Waals surface area contributed by atoms with Gasteiger partial charge in [-0.05, 0) is 13.5 Å². The molecule has 0 fully saturated rings. The molecule has 0 bridgehead atoms. The monoisotopic (exact) mass is 276 g/mol. The number of aromatic nitrogens is 4. The molecular formula is C14H24N6. The van der Waals surface area contributed by atoms with E-state index in [2.05, 4.69) is 33.4 Å². The summed E-state index contributed by atoms with van der Waals surface area (Å²) in [5, 5.41) is 0. The molecule has 2 heterocycles. The predicted octanol–water partition coefficient (Wildman–Crippen LogP) is 1.16. The van der Waals surface area contributed by atoms with E-state index in [-0.39, 0.29) is 6.04 Å². The van der Waals surface area contributed by atoms with Gasteiger partial charge in [0.05, 0.1) is 24.6 Å². The number of rotatable bonds is 7. The fourth-order valence-electron chi connectivity index (χ4n) is 2.44.